The summed E-state index contributed by atoms with van der Waals surface area (Å²) >= 11 is 0. The standard InChI is InChI=1S/C16H25N3O3S.ClH/c1-19(14-10-12-2-3-13(11-14)18-12)8-9-22-15-4-6-16(7-5-15)23(17,20)21;/h4-7,12-14,18H,2-3,8-11H2,1H3,(H2,17,20,21);1H. The van der Waals surface area contributed by atoms with Gasteiger partial charge in [0.1, 0.15) is 12.4 Å². The summed E-state index contributed by atoms with van der Waals surface area (Å²) in [6, 6.07) is 8.23. The van der Waals surface area contributed by atoms with E-state index in [0.717, 1.165) is 6.54 Å². The number of fused-ring (bicyclic) bond motifs is 2. The maximum Gasteiger partial charge on any atom is 0.238 e. The van der Waals surface area contributed by atoms with E-state index in [-0.39, 0.29) is 17.3 Å². The molecule has 136 valence electrons. The van der Waals surface area contributed by atoms with Gasteiger partial charge in [-0.15, -0.1) is 12.4 Å². The van der Waals surface area contributed by atoms with Crippen LogP contribution in [0.5, 0.6) is 5.75 Å². The minimum atomic E-state index is -3.64. The summed E-state index contributed by atoms with van der Waals surface area (Å²) in [4.78, 5) is 2.48. The van der Waals surface area contributed by atoms with Crippen LogP contribution in [0.4, 0.5) is 0 Å². The van der Waals surface area contributed by atoms with Gasteiger partial charge in [0.05, 0.1) is 4.90 Å². The molecule has 2 bridgehead atoms. The van der Waals surface area contributed by atoms with Crippen LogP contribution in [0.1, 0.15) is 25.7 Å². The Labute approximate surface area is 150 Å². The number of piperidine rings is 1. The second kappa shape index (κ2) is 8.01. The molecule has 2 atom stereocenters. The number of likely N-dealkylation sites (N-methyl/N-ethyl adjacent to an activating group) is 1. The van der Waals surface area contributed by atoms with Crippen LogP contribution < -0.4 is 15.2 Å². The van der Waals surface area contributed by atoms with Crippen molar-refractivity contribution in [3.63, 3.8) is 0 Å². The molecule has 0 saturated carbocycles. The Kier molecular flexibility index (Phi) is 6.50. The number of primary sulfonamides is 1. The van der Waals surface area contributed by atoms with E-state index in [1.807, 2.05) is 0 Å². The highest BCUT2D eigenvalue weighted by molar-refractivity contribution is 7.89. The maximum atomic E-state index is 11.2. The molecule has 2 unspecified atom stereocenters. The first-order valence-corrected chi connectivity index (χ1v) is 9.68. The topological polar surface area (TPSA) is 84.7 Å². The van der Waals surface area contributed by atoms with Gasteiger partial charge in [0.15, 0.2) is 0 Å². The second-order valence-electron chi connectivity index (χ2n) is 6.61. The van der Waals surface area contributed by atoms with Gasteiger partial charge in [-0.25, -0.2) is 13.6 Å². The molecule has 0 aliphatic carbocycles. The second-order valence-corrected chi connectivity index (χ2v) is 8.17. The van der Waals surface area contributed by atoms with Crippen LogP contribution in [0.15, 0.2) is 29.2 Å². The maximum absolute atomic E-state index is 11.2. The molecule has 3 rings (SSSR count). The highest BCUT2D eigenvalue weighted by Crippen LogP contribution is 2.29. The molecular weight excluding hydrogens is 350 g/mol. The summed E-state index contributed by atoms with van der Waals surface area (Å²) in [6.07, 6.45) is 5.05. The van der Waals surface area contributed by atoms with E-state index >= 15 is 0 Å². The summed E-state index contributed by atoms with van der Waals surface area (Å²) in [7, 11) is -1.49. The van der Waals surface area contributed by atoms with Crippen molar-refractivity contribution in [2.75, 3.05) is 20.2 Å². The van der Waals surface area contributed by atoms with Gasteiger partial charge >= 0.3 is 0 Å². The quantitative estimate of drug-likeness (QED) is 0.784. The summed E-state index contributed by atoms with van der Waals surface area (Å²) < 4.78 is 28.1. The fourth-order valence-corrected chi connectivity index (χ4v) is 4.12. The molecule has 8 heteroatoms. The molecule has 0 radical (unpaired) electrons. The third kappa shape index (κ3) is 4.83. The molecule has 24 heavy (non-hydrogen) atoms. The van der Waals surface area contributed by atoms with Crippen LogP contribution in [0, 0.1) is 0 Å². The zero-order chi connectivity index (χ0) is 16.4. The van der Waals surface area contributed by atoms with Crippen LogP contribution in [-0.2, 0) is 10.0 Å². The Hall–Kier alpha value is -0.860. The molecule has 2 saturated heterocycles. The van der Waals surface area contributed by atoms with Crippen molar-refractivity contribution in [3.05, 3.63) is 24.3 Å². The number of nitrogens with zero attached hydrogens (tertiary/aromatic N) is 1. The molecule has 2 heterocycles. The van der Waals surface area contributed by atoms with Crippen LogP contribution >= 0.6 is 12.4 Å². The van der Waals surface area contributed by atoms with Gasteiger partial charge in [-0.05, 0) is 57.0 Å². The molecule has 2 aliphatic heterocycles. The van der Waals surface area contributed by atoms with E-state index < -0.39 is 10.0 Å². The number of sulfonamides is 1. The molecule has 1 aromatic carbocycles. The third-order valence-electron chi connectivity index (χ3n) is 4.94. The number of hydrogen-bond acceptors (Lipinski definition) is 5. The van der Waals surface area contributed by atoms with Gasteiger partial charge in [-0.3, -0.25) is 4.90 Å². The lowest BCUT2D eigenvalue weighted by molar-refractivity contribution is 0.147. The molecule has 2 aliphatic rings. The minimum absolute atomic E-state index is 0. The van der Waals surface area contributed by atoms with Crippen molar-refractivity contribution in [1.29, 1.82) is 0 Å². The van der Waals surface area contributed by atoms with Crippen molar-refractivity contribution >= 4 is 22.4 Å². The lowest BCUT2D eigenvalue weighted by Crippen LogP contribution is -2.47. The van der Waals surface area contributed by atoms with Gasteiger partial charge in [0.2, 0.25) is 10.0 Å². The van der Waals surface area contributed by atoms with E-state index in [4.69, 9.17) is 9.88 Å². The Morgan fingerprint density at radius 1 is 1.21 bits per heavy atom. The summed E-state index contributed by atoms with van der Waals surface area (Å²) in [6.45, 7) is 1.45. The predicted octanol–water partition coefficient (Wildman–Crippen LogP) is 1.35. The average molecular weight is 376 g/mol. The molecule has 0 amide bonds. The Morgan fingerprint density at radius 2 is 1.79 bits per heavy atom. The molecular formula is C16H26ClN3O3S. The first kappa shape index (κ1) is 19.5. The number of nitrogens with two attached hydrogens (primary N) is 1. The Morgan fingerprint density at radius 3 is 2.33 bits per heavy atom. The first-order chi connectivity index (χ1) is 10.9. The van der Waals surface area contributed by atoms with Crippen molar-refractivity contribution in [3.8, 4) is 5.75 Å². The number of rotatable bonds is 6. The largest absolute Gasteiger partial charge is 0.492 e. The monoisotopic (exact) mass is 375 g/mol. The highest BCUT2D eigenvalue weighted by Gasteiger charge is 2.34. The summed E-state index contributed by atoms with van der Waals surface area (Å²) in [5.74, 6) is 0.663. The molecule has 0 spiro atoms. The van der Waals surface area contributed by atoms with E-state index in [0.29, 0.717) is 30.5 Å². The van der Waals surface area contributed by atoms with Crippen LogP contribution in [0.3, 0.4) is 0 Å². The van der Waals surface area contributed by atoms with Crippen molar-refractivity contribution in [1.82, 2.24) is 10.2 Å². The molecule has 3 N–H and O–H groups in total. The van der Waals surface area contributed by atoms with E-state index in [1.165, 1.54) is 37.8 Å². The third-order valence-corrected chi connectivity index (χ3v) is 5.87. The molecule has 2 fully saturated rings. The van der Waals surface area contributed by atoms with Gasteiger partial charge in [0, 0.05) is 24.7 Å². The number of benzene rings is 1. The number of halogens is 1. The highest BCUT2D eigenvalue weighted by atomic mass is 35.5. The summed E-state index contributed by atoms with van der Waals surface area (Å²) in [5, 5.41) is 8.73. The van der Waals surface area contributed by atoms with E-state index in [9.17, 15) is 8.42 Å². The predicted molar refractivity (Wildman–Crippen MR) is 96.2 cm³/mol. The lowest BCUT2D eigenvalue weighted by Gasteiger charge is -2.35. The van der Waals surface area contributed by atoms with Gasteiger partial charge in [0.25, 0.3) is 0 Å². The SMILES string of the molecule is CN(CCOc1ccc(S(N)(=O)=O)cc1)C1CC2CCC(C1)N2.Cl. The number of nitrogens with one attached hydrogen (secondary N) is 1. The van der Waals surface area contributed by atoms with Crippen LogP contribution in [0.25, 0.3) is 0 Å². The fraction of sp³-hybridized carbons (Fsp3) is 0.625. The minimum Gasteiger partial charge on any atom is -0.492 e. The Bertz CT molecular complexity index is 626. The van der Waals surface area contributed by atoms with Crippen LogP contribution in [0.2, 0.25) is 0 Å². The average Bonchev–Trinajstić information content (AvgIpc) is 2.85. The fourth-order valence-electron chi connectivity index (χ4n) is 3.60. The molecule has 6 nitrogen and oxygen atoms in total. The zero-order valence-electron chi connectivity index (χ0n) is 13.8. The van der Waals surface area contributed by atoms with Crippen LogP contribution in [-0.4, -0.2) is 51.6 Å². The smallest absolute Gasteiger partial charge is 0.238 e. The first-order valence-electron chi connectivity index (χ1n) is 8.14. The van der Waals surface area contributed by atoms with Gasteiger partial charge in [-0.1, -0.05) is 0 Å². The summed E-state index contributed by atoms with van der Waals surface area (Å²) in [5.41, 5.74) is 0. The zero-order valence-corrected chi connectivity index (χ0v) is 15.5. The van der Waals surface area contributed by atoms with Gasteiger partial charge in [-0.2, -0.15) is 0 Å². The molecule has 1 aromatic rings. The number of ether oxygens (including phenoxy) is 1. The molecule has 0 aromatic heterocycles. The van der Waals surface area contributed by atoms with E-state index in [1.54, 1.807) is 12.1 Å². The van der Waals surface area contributed by atoms with E-state index in [2.05, 4.69) is 17.3 Å². The van der Waals surface area contributed by atoms with Crippen molar-refractivity contribution < 1.29 is 13.2 Å². The number of hydrogen-bond donors (Lipinski definition) is 2. The normalized spacial score (nSPS) is 26.2. The Balaban J connectivity index is 0.00000208. The van der Waals surface area contributed by atoms with Crippen molar-refractivity contribution in [2.24, 2.45) is 5.14 Å². The lowest BCUT2D eigenvalue weighted by atomic mass is 9.99. The van der Waals surface area contributed by atoms with Gasteiger partial charge < -0.3 is 10.1 Å². The van der Waals surface area contributed by atoms with Crippen molar-refractivity contribution in [2.45, 2.75) is 48.7 Å².